The number of esters is 1. The molecule has 0 saturated heterocycles. The summed E-state index contributed by atoms with van der Waals surface area (Å²) in [5, 5.41) is 3.12. The Labute approximate surface area is 100 Å². The average Bonchev–Trinajstić information content (AvgIpc) is 2.30. The Hall–Kier alpha value is -0.610. The molecular weight excluding hydrogens is 206 g/mol. The summed E-state index contributed by atoms with van der Waals surface area (Å²) in [6, 6.07) is 0. The summed E-state index contributed by atoms with van der Waals surface area (Å²) >= 11 is 0. The highest BCUT2D eigenvalue weighted by Crippen LogP contribution is 2.07. The maximum atomic E-state index is 10.9. The number of hydrogen-bond acceptors (Lipinski definition) is 4. The van der Waals surface area contributed by atoms with Gasteiger partial charge in [0, 0.05) is 21.0 Å². The highest BCUT2D eigenvalue weighted by atomic mass is 16.5. The third-order valence-corrected chi connectivity index (χ3v) is 2.37. The number of ether oxygens (including phenoxy) is 2. The van der Waals surface area contributed by atoms with E-state index in [1.165, 1.54) is 7.11 Å². The number of carbonyl (C=O) groups is 1. The molecular formula is C12H27NO3. The van der Waals surface area contributed by atoms with E-state index >= 15 is 0 Å². The molecule has 0 rings (SSSR count). The monoisotopic (exact) mass is 233 g/mol. The average molecular weight is 233 g/mol. The van der Waals surface area contributed by atoms with Gasteiger partial charge in [-0.05, 0) is 26.3 Å². The molecule has 0 radical (unpaired) electrons. The van der Waals surface area contributed by atoms with Gasteiger partial charge in [0.1, 0.15) is 0 Å². The summed E-state index contributed by atoms with van der Waals surface area (Å²) < 4.78 is 10.3. The summed E-state index contributed by atoms with van der Waals surface area (Å²) in [4.78, 5) is 10.9. The lowest BCUT2D eigenvalue weighted by Gasteiger charge is -2.16. The summed E-state index contributed by atoms with van der Waals surface area (Å²) in [7, 11) is 3.35. The standard InChI is InChI=1S/C12H25NO3.H2/c1-4-9-16-11(10-13-2)7-5-6-8-12(14)15-3;/h11,13H,4-10H2,1-3H3;1H. The second-order valence-corrected chi connectivity index (χ2v) is 3.87. The molecule has 1 atom stereocenters. The van der Waals surface area contributed by atoms with Gasteiger partial charge in [-0.15, -0.1) is 0 Å². The van der Waals surface area contributed by atoms with E-state index < -0.39 is 0 Å². The zero-order valence-electron chi connectivity index (χ0n) is 10.8. The van der Waals surface area contributed by atoms with Crippen LogP contribution in [0.1, 0.15) is 40.5 Å². The molecule has 0 aromatic rings. The van der Waals surface area contributed by atoms with Crippen LogP contribution in [0.2, 0.25) is 0 Å². The third-order valence-electron chi connectivity index (χ3n) is 2.37. The predicted molar refractivity (Wildman–Crippen MR) is 66.6 cm³/mol. The van der Waals surface area contributed by atoms with E-state index in [0.717, 1.165) is 38.8 Å². The van der Waals surface area contributed by atoms with Gasteiger partial charge in [-0.25, -0.2) is 0 Å². The van der Waals surface area contributed by atoms with Gasteiger partial charge in [0.2, 0.25) is 0 Å². The Morgan fingerprint density at radius 1 is 1.44 bits per heavy atom. The van der Waals surface area contributed by atoms with Gasteiger partial charge in [-0.2, -0.15) is 0 Å². The zero-order valence-corrected chi connectivity index (χ0v) is 10.8. The van der Waals surface area contributed by atoms with Crippen LogP contribution in [-0.2, 0) is 14.3 Å². The van der Waals surface area contributed by atoms with E-state index in [9.17, 15) is 4.79 Å². The van der Waals surface area contributed by atoms with Crippen molar-refractivity contribution < 1.29 is 15.7 Å². The fraction of sp³-hybridized carbons (Fsp3) is 0.917. The van der Waals surface area contributed by atoms with Crippen molar-refractivity contribution in [2.75, 3.05) is 27.3 Å². The lowest BCUT2D eigenvalue weighted by atomic mass is 10.1. The van der Waals surface area contributed by atoms with E-state index in [0.29, 0.717) is 6.42 Å². The molecule has 0 bridgehead atoms. The van der Waals surface area contributed by atoms with Crippen LogP contribution in [0.4, 0.5) is 0 Å². The van der Waals surface area contributed by atoms with Crippen LogP contribution in [0.25, 0.3) is 0 Å². The van der Waals surface area contributed by atoms with Crippen LogP contribution in [0.15, 0.2) is 0 Å². The Kier molecular flexibility index (Phi) is 10.5. The zero-order chi connectivity index (χ0) is 12.2. The van der Waals surface area contributed by atoms with E-state index in [4.69, 9.17) is 4.74 Å². The molecule has 0 saturated carbocycles. The summed E-state index contributed by atoms with van der Waals surface area (Å²) in [6.45, 7) is 3.79. The number of rotatable bonds is 10. The molecule has 1 unspecified atom stereocenters. The quantitative estimate of drug-likeness (QED) is 0.463. The van der Waals surface area contributed by atoms with Crippen LogP contribution in [0.5, 0.6) is 0 Å². The lowest BCUT2D eigenvalue weighted by molar-refractivity contribution is -0.140. The van der Waals surface area contributed by atoms with Crippen molar-refractivity contribution in [1.82, 2.24) is 5.32 Å². The molecule has 0 aromatic carbocycles. The molecule has 0 aromatic heterocycles. The smallest absolute Gasteiger partial charge is 0.305 e. The van der Waals surface area contributed by atoms with Crippen LogP contribution in [-0.4, -0.2) is 39.4 Å². The molecule has 16 heavy (non-hydrogen) atoms. The molecule has 98 valence electrons. The first-order chi connectivity index (χ1) is 7.74. The van der Waals surface area contributed by atoms with Gasteiger partial charge in [-0.1, -0.05) is 13.3 Å². The number of hydrogen-bond donors (Lipinski definition) is 1. The highest BCUT2D eigenvalue weighted by Gasteiger charge is 2.08. The summed E-state index contributed by atoms with van der Waals surface area (Å²) in [6.07, 6.45) is 4.70. The Morgan fingerprint density at radius 2 is 2.19 bits per heavy atom. The van der Waals surface area contributed by atoms with Gasteiger partial charge in [0.25, 0.3) is 0 Å². The number of unbranched alkanes of at least 4 members (excludes halogenated alkanes) is 1. The van der Waals surface area contributed by atoms with Crippen molar-refractivity contribution in [2.45, 2.75) is 45.1 Å². The maximum Gasteiger partial charge on any atom is 0.305 e. The van der Waals surface area contributed by atoms with Crippen LogP contribution < -0.4 is 5.32 Å². The second kappa shape index (κ2) is 10.9. The first-order valence-electron chi connectivity index (χ1n) is 6.07. The van der Waals surface area contributed by atoms with E-state index in [1.54, 1.807) is 0 Å². The van der Waals surface area contributed by atoms with Crippen LogP contribution >= 0.6 is 0 Å². The second-order valence-electron chi connectivity index (χ2n) is 3.87. The minimum Gasteiger partial charge on any atom is -0.469 e. The Morgan fingerprint density at radius 3 is 2.75 bits per heavy atom. The highest BCUT2D eigenvalue weighted by molar-refractivity contribution is 5.68. The van der Waals surface area contributed by atoms with Crippen LogP contribution in [0, 0.1) is 0 Å². The third kappa shape index (κ3) is 8.68. The van der Waals surface area contributed by atoms with Crippen molar-refractivity contribution in [2.24, 2.45) is 0 Å². The van der Waals surface area contributed by atoms with Crippen molar-refractivity contribution in [3.05, 3.63) is 0 Å². The molecule has 0 fully saturated rings. The van der Waals surface area contributed by atoms with Crippen LogP contribution in [0.3, 0.4) is 0 Å². The molecule has 0 spiro atoms. The van der Waals surface area contributed by atoms with Crippen molar-refractivity contribution in [3.63, 3.8) is 0 Å². The van der Waals surface area contributed by atoms with E-state index in [1.807, 2.05) is 7.05 Å². The molecule has 4 heteroatoms. The van der Waals surface area contributed by atoms with E-state index in [-0.39, 0.29) is 13.5 Å². The van der Waals surface area contributed by atoms with Crippen molar-refractivity contribution >= 4 is 5.97 Å². The van der Waals surface area contributed by atoms with Crippen molar-refractivity contribution in [3.8, 4) is 0 Å². The van der Waals surface area contributed by atoms with Gasteiger partial charge in [0.05, 0.1) is 13.2 Å². The summed E-state index contributed by atoms with van der Waals surface area (Å²) in [5.41, 5.74) is 0. The van der Waals surface area contributed by atoms with Gasteiger partial charge in [0.15, 0.2) is 0 Å². The fourth-order valence-electron chi connectivity index (χ4n) is 1.50. The summed E-state index contributed by atoms with van der Waals surface area (Å²) in [5.74, 6) is -0.125. The Balaban J connectivity index is 0. The molecule has 0 aliphatic rings. The molecule has 0 aliphatic carbocycles. The SMILES string of the molecule is CCCOC(CCCCC(=O)OC)CNC.[HH]. The number of methoxy groups -OCH3 is 1. The number of likely N-dealkylation sites (N-methyl/N-ethyl adjacent to an activating group) is 1. The normalized spacial score (nSPS) is 12.4. The molecule has 0 aliphatic heterocycles. The lowest BCUT2D eigenvalue weighted by Crippen LogP contribution is -2.27. The predicted octanol–water partition coefficient (Wildman–Crippen LogP) is 1.98. The minimum absolute atomic E-state index is 0. The first kappa shape index (κ1) is 15.4. The van der Waals surface area contributed by atoms with Gasteiger partial charge in [-0.3, -0.25) is 4.79 Å². The molecule has 1 N–H and O–H groups in total. The molecule has 0 amide bonds. The van der Waals surface area contributed by atoms with Crippen molar-refractivity contribution in [1.29, 1.82) is 0 Å². The Bertz CT molecular complexity index is 179. The van der Waals surface area contributed by atoms with E-state index in [2.05, 4.69) is 17.0 Å². The first-order valence-corrected chi connectivity index (χ1v) is 6.07. The minimum atomic E-state index is -0.125. The molecule has 0 heterocycles. The fourth-order valence-corrected chi connectivity index (χ4v) is 1.50. The largest absolute Gasteiger partial charge is 0.469 e. The van der Waals surface area contributed by atoms with Gasteiger partial charge >= 0.3 is 5.97 Å². The van der Waals surface area contributed by atoms with Gasteiger partial charge < -0.3 is 14.8 Å². The maximum absolute atomic E-state index is 10.9. The number of carbonyl (C=O) groups excluding carboxylic acids is 1. The topological polar surface area (TPSA) is 47.6 Å². The number of nitrogens with one attached hydrogen (secondary N) is 1. The molecule has 4 nitrogen and oxygen atoms in total.